The van der Waals surface area contributed by atoms with Gasteiger partial charge in [0.15, 0.2) is 0 Å². The summed E-state index contributed by atoms with van der Waals surface area (Å²) in [6.07, 6.45) is 3.34. The van der Waals surface area contributed by atoms with Crippen molar-refractivity contribution in [3.8, 4) is 0 Å². The Labute approximate surface area is 183 Å². The number of morpholine rings is 1. The molecule has 1 saturated heterocycles. The van der Waals surface area contributed by atoms with Gasteiger partial charge in [-0.05, 0) is 18.2 Å². The van der Waals surface area contributed by atoms with Crippen molar-refractivity contribution in [1.82, 2.24) is 14.9 Å². The normalized spacial score (nSPS) is 14.1. The minimum absolute atomic E-state index is 0.0176. The van der Waals surface area contributed by atoms with Gasteiger partial charge in [-0.1, -0.05) is 18.2 Å². The number of carbonyl (C=O) groups excluding carboxylic acids is 2. The van der Waals surface area contributed by atoms with Crippen molar-refractivity contribution in [2.45, 2.75) is 6.54 Å². The van der Waals surface area contributed by atoms with Crippen LogP contribution in [0.15, 0.2) is 59.8 Å². The van der Waals surface area contributed by atoms with E-state index in [1.54, 1.807) is 4.90 Å². The molecule has 0 aliphatic carbocycles. The van der Waals surface area contributed by atoms with Gasteiger partial charge in [0, 0.05) is 53.4 Å². The maximum Gasteiger partial charge on any atom is 0.271 e. The molecule has 10 heteroatoms. The zero-order valence-electron chi connectivity index (χ0n) is 17.1. The highest BCUT2D eigenvalue weighted by atomic mass is 16.6. The first-order valence-corrected chi connectivity index (χ1v) is 10.0. The number of aromatic nitrogens is 1. The van der Waals surface area contributed by atoms with Gasteiger partial charge in [-0.25, -0.2) is 5.43 Å². The van der Waals surface area contributed by atoms with Crippen molar-refractivity contribution in [2.75, 3.05) is 26.3 Å². The summed E-state index contributed by atoms with van der Waals surface area (Å²) in [6.45, 7) is 2.46. The molecule has 0 radical (unpaired) electrons. The average Bonchev–Trinajstić information content (AvgIpc) is 3.17. The Balaban J connectivity index is 1.48. The van der Waals surface area contributed by atoms with Gasteiger partial charge in [0.2, 0.25) is 5.91 Å². The number of amides is 2. The van der Waals surface area contributed by atoms with Gasteiger partial charge in [0.1, 0.15) is 6.54 Å². The molecule has 0 spiro atoms. The van der Waals surface area contributed by atoms with Crippen molar-refractivity contribution in [3.05, 3.63) is 76.0 Å². The Hall–Kier alpha value is -4.05. The molecule has 0 unspecified atom stereocenters. The van der Waals surface area contributed by atoms with Crippen molar-refractivity contribution in [2.24, 2.45) is 5.10 Å². The minimum atomic E-state index is -0.528. The van der Waals surface area contributed by atoms with Gasteiger partial charge in [-0.3, -0.25) is 19.7 Å². The summed E-state index contributed by atoms with van der Waals surface area (Å²) in [7, 11) is 0. The van der Waals surface area contributed by atoms with Crippen molar-refractivity contribution in [3.63, 3.8) is 0 Å². The fourth-order valence-electron chi connectivity index (χ4n) is 3.53. The van der Waals surface area contributed by atoms with E-state index in [0.717, 1.165) is 16.5 Å². The number of ether oxygens (including phenoxy) is 1. The Kier molecular flexibility index (Phi) is 6.22. The molecule has 1 N–H and O–H groups in total. The number of nitro benzene ring substituents is 1. The highest BCUT2D eigenvalue weighted by molar-refractivity contribution is 6.01. The smallest absolute Gasteiger partial charge is 0.271 e. The van der Waals surface area contributed by atoms with E-state index in [4.69, 9.17) is 4.74 Å². The number of rotatable bonds is 6. The second-order valence-corrected chi connectivity index (χ2v) is 7.23. The molecule has 0 saturated carbocycles. The van der Waals surface area contributed by atoms with E-state index < -0.39 is 10.8 Å². The summed E-state index contributed by atoms with van der Waals surface area (Å²) in [5, 5.41) is 15.7. The lowest BCUT2D eigenvalue weighted by Gasteiger charge is -2.27. The van der Waals surface area contributed by atoms with Crippen molar-refractivity contribution < 1.29 is 19.2 Å². The third-order valence-corrected chi connectivity index (χ3v) is 5.20. The van der Waals surface area contributed by atoms with E-state index in [2.05, 4.69) is 10.5 Å². The second-order valence-electron chi connectivity index (χ2n) is 7.23. The number of hydrazone groups is 1. The van der Waals surface area contributed by atoms with Crippen LogP contribution in [-0.4, -0.2) is 58.7 Å². The number of carbonyl (C=O) groups is 2. The molecular weight excluding hydrogens is 414 g/mol. The molecule has 164 valence electrons. The maximum absolute atomic E-state index is 12.7. The van der Waals surface area contributed by atoms with Crippen LogP contribution < -0.4 is 5.43 Å². The summed E-state index contributed by atoms with van der Waals surface area (Å²) in [5.74, 6) is -0.466. The number of nitrogens with one attached hydrogen (secondary N) is 1. The number of benzene rings is 2. The van der Waals surface area contributed by atoms with E-state index in [1.807, 2.05) is 35.0 Å². The lowest BCUT2D eigenvalue weighted by molar-refractivity contribution is -0.384. The first-order chi connectivity index (χ1) is 15.5. The monoisotopic (exact) mass is 435 g/mol. The van der Waals surface area contributed by atoms with Crippen LogP contribution in [0.2, 0.25) is 0 Å². The number of nitro groups is 1. The molecule has 2 amide bonds. The molecule has 1 aliphatic rings. The molecule has 4 rings (SSSR count). The van der Waals surface area contributed by atoms with Gasteiger partial charge >= 0.3 is 0 Å². The Morgan fingerprint density at radius 3 is 2.56 bits per heavy atom. The first-order valence-electron chi connectivity index (χ1n) is 10.0. The summed E-state index contributed by atoms with van der Waals surface area (Å²) in [4.78, 5) is 36.9. The van der Waals surface area contributed by atoms with Crippen LogP contribution in [0, 0.1) is 10.1 Å². The molecule has 1 aromatic heterocycles. The summed E-state index contributed by atoms with van der Waals surface area (Å²) < 4.78 is 7.17. The number of para-hydroxylation sites is 1. The Morgan fingerprint density at radius 2 is 1.84 bits per heavy atom. The molecule has 10 nitrogen and oxygen atoms in total. The number of fused-ring (bicyclic) bond motifs is 1. The van der Waals surface area contributed by atoms with Gasteiger partial charge in [0.25, 0.3) is 11.6 Å². The topological polar surface area (TPSA) is 119 Å². The van der Waals surface area contributed by atoms with Crippen LogP contribution in [0.5, 0.6) is 0 Å². The Morgan fingerprint density at radius 1 is 1.12 bits per heavy atom. The van der Waals surface area contributed by atoms with Crippen LogP contribution in [-0.2, 0) is 16.1 Å². The molecule has 0 atom stereocenters. The van der Waals surface area contributed by atoms with E-state index in [1.165, 1.54) is 30.5 Å². The molecule has 0 bridgehead atoms. The maximum atomic E-state index is 12.7. The molecule has 1 fully saturated rings. The van der Waals surface area contributed by atoms with Crippen molar-refractivity contribution >= 4 is 34.6 Å². The predicted octanol–water partition coefficient (Wildman–Crippen LogP) is 2.17. The number of hydrogen-bond acceptors (Lipinski definition) is 6. The summed E-state index contributed by atoms with van der Waals surface area (Å²) >= 11 is 0. The standard InChI is InChI=1S/C22H21N5O5/c28-21(25-9-11-32-12-10-25)15-26-14-17(19-3-1-2-4-20(19)26)13-23-24-22(29)16-5-7-18(8-6-16)27(30)31/h1-8,13-14H,9-12,15H2,(H,24,29)/b23-13-. The van der Waals surface area contributed by atoms with Gasteiger partial charge < -0.3 is 14.2 Å². The number of nitrogens with zero attached hydrogens (tertiary/aromatic N) is 4. The third kappa shape index (κ3) is 4.65. The second kappa shape index (κ2) is 9.40. The molecule has 2 aromatic carbocycles. The predicted molar refractivity (Wildman–Crippen MR) is 117 cm³/mol. The molecule has 2 heterocycles. The van der Waals surface area contributed by atoms with E-state index in [0.29, 0.717) is 26.3 Å². The minimum Gasteiger partial charge on any atom is -0.378 e. The quantitative estimate of drug-likeness (QED) is 0.362. The van der Waals surface area contributed by atoms with Crippen LogP contribution in [0.3, 0.4) is 0 Å². The Bertz CT molecular complexity index is 1180. The van der Waals surface area contributed by atoms with Crippen LogP contribution >= 0.6 is 0 Å². The van der Waals surface area contributed by atoms with Gasteiger partial charge in [-0.15, -0.1) is 0 Å². The highest BCUT2D eigenvalue weighted by Gasteiger charge is 2.18. The van der Waals surface area contributed by atoms with Gasteiger partial charge in [-0.2, -0.15) is 5.10 Å². The highest BCUT2D eigenvalue weighted by Crippen LogP contribution is 2.20. The number of non-ortho nitro benzene ring substituents is 1. The zero-order chi connectivity index (χ0) is 22.5. The third-order valence-electron chi connectivity index (χ3n) is 5.20. The van der Waals surface area contributed by atoms with E-state index >= 15 is 0 Å². The average molecular weight is 435 g/mol. The summed E-state index contributed by atoms with van der Waals surface area (Å²) in [5.41, 5.74) is 4.22. The summed E-state index contributed by atoms with van der Waals surface area (Å²) in [6, 6.07) is 12.9. The lowest BCUT2D eigenvalue weighted by atomic mass is 10.2. The molecule has 32 heavy (non-hydrogen) atoms. The largest absolute Gasteiger partial charge is 0.378 e. The fourth-order valence-corrected chi connectivity index (χ4v) is 3.53. The van der Waals surface area contributed by atoms with E-state index in [9.17, 15) is 19.7 Å². The SMILES string of the molecule is O=C(N/N=C\c1cn(CC(=O)N2CCOCC2)c2ccccc12)c1ccc([N+](=O)[O-])cc1. The number of hydrogen-bond donors (Lipinski definition) is 1. The molecular formula is C22H21N5O5. The van der Waals surface area contributed by atoms with Crippen LogP contribution in [0.25, 0.3) is 10.9 Å². The van der Waals surface area contributed by atoms with Crippen LogP contribution in [0.4, 0.5) is 5.69 Å². The van der Waals surface area contributed by atoms with Crippen LogP contribution in [0.1, 0.15) is 15.9 Å². The molecule has 1 aliphatic heterocycles. The van der Waals surface area contributed by atoms with Gasteiger partial charge in [0.05, 0.1) is 24.4 Å². The fraction of sp³-hybridized carbons (Fsp3) is 0.227. The van der Waals surface area contributed by atoms with Crippen molar-refractivity contribution in [1.29, 1.82) is 0 Å². The first kappa shape index (κ1) is 21.2. The molecule has 3 aromatic rings. The lowest BCUT2D eigenvalue weighted by Crippen LogP contribution is -2.42. The van der Waals surface area contributed by atoms with E-state index in [-0.39, 0.29) is 23.7 Å². The zero-order valence-corrected chi connectivity index (χ0v) is 17.1.